The summed E-state index contributed by atoms with van der Waals surface area (Å²) in [5, 5.41) is 13.0. The largest absolute Gasteiger partial charge is 0.480 e. The van der Waals surface area contributed by atoms with Crippen molar-refractivity contribution in [2.45, 2.75) is 58.2 Å². The summed E-state index contributed by atoms with van der Waals surface area (Å²) in [7, 11) is 0. The molecular weight excluding hydrogens is 505 g/mol. The number of aryl methyl sites for hydroxylation is 1. The van der Waals surface area contributed by atoms with Crippen LogP contribution < -0.4 is 5.32 Å². The van der Waals surface area contributed by atoms with E-state index >= 15 is 0 Å². The Labute approximate surface area is 221 Å². The fourth-order valence-electron chi connectivity index (χ4n) is 3.12. The highest BCUT2D eigenvalue weighted by Crippen LogP contribution is 2.32. The molecule has 6 nitrogen and oxygen atoms in total. The number of hydrogen-bond donors (Lipinski definition) is 2. The lowest BCUT2D eigenvalue weighted by molar-refractivity contribution is -0.138. The number of halogens is 2. The molecule has 0 aliphatic heterocycles. The first-order valence-electron chi connectivity index (χ1n) is 11.3. The van der Waals surface area contributed by atoms with E-state index in [0.29, 0.717) is 33.0 Å². The minimum absolute atomic E-state index is 0.260. The van der Waals surface area contributed by atoms with Crippen molar-refractivity contribution >= 4 is 58.1 Å². The van der Waals surface area contributed by atoms with Gasteiger partial charge in [-0.3, -0.25) is 9.59 Å². The Morgan fingerprint density at radius 3 is 2.57 bits per heavy atom. The first-order chi connectivity index (χ1) is 16.5. The number of thioether (sulfide) groups is 1. The molecule has 0 unspecified atom stereocenters. The van der Waals surface area contributed by atoms with E-state index in [9.17, 15) is 14.7 Å². The van der Waals surface area contributed by atoms with Crippen LogP contribution in [0.1, 0.15) is 63.3 Å². The van der Waals surface area contributed by atoms with E-state index in [0.717, 1.165) is 24.8 Å². The highest BCUT2D eigenvalue weighted by atomic mass is 35.5. The van der Waals surface area contributed by atoms with E-state index in [-0.39, 0.29) is 11.6 Å². The molecule has 0 aliphatic carbocycles. The summed E-state index contributed by atoms with van der Waals surface area (Å²) in [6, 6.07) is 4.85. The van der Waals surface area contributed by atoms with Crippen LogP contribution >= 0.6 is 35.0 Å². The lowest BCUT2D eigenvalue weighted by atomic mass is 10.2. The van der Waals surface area contributed by atoms with Crippen LogP contribution in [0.2, 0.25) is 10.0 Å². The Hall–Kier alpha value is -2.48. The zero-order chi connectivity index (χ0) is 26.2. The van der Waals surface area contributed by atoms with Gasteiger partial charge in [0.2, 0.25) is 0 Å². The monoisotopic (exact) mass is 535 g/mol. The zero-order valence-electron chi connectivity index (χ0n) is 20.4. The van der Waals surface area contributed by atoms with Gasteiger partial charge in [-0.1, -0.05) is 61.7 Å². The van der Waals surface area contributed by atoms with Gasteiger partial charge < -0.3 is 15.0 Å². The third-order valence-electron chi connectivity index (χ3n) is 5.11. The Morgan fingerprint density at radius 2 is 1.97 bits per heavy atom. The number of rotatable bonds is 12. The number of amides is 1. The number of nitrogens with one attached hydrogen (secondary N) is 1. The van der Waals surface area contributed by atoms with Gasteiger partial charge in [0.05, 0.1) is 10.7 Å². The van der Waals surface area contributed by atoms with E-state index < -0.39 is 10.7 Å². The maximum absolute atomic E-state index is 13.0. The molecule has 0 bridgehead atoms. The summed E-state index contributed by atoms with van der Waals surface area (Å²) in [4.78, 5) is 29.6. The number of carboxylic acid groups (broad SMARTS) is 1. The molecule has 0 fully saturated rings. The highest BCUT2D eigenvalue weighted by Gasteiger charge is 2.28. The second kappa shape index (κ2) is 13.0. The molecule has 188 valence electrons. The number of unbranched alkanes of at least 4 members (excludes halogenated alkanes) is 2. The number of benzene rings is 1. The normalized spacial score (nSPS) is 12.2. The number of carbonyl (C=O) groups is 2. The van der Waals surface area contributed by atoms with E-state index in [1.54, 1.807) is 44.3 Å². The number of hydrogen-bond acceptors (Lipinski definition) is 4. The summed E-state index contributed by atoms with van der Waals surface area (Å²) in [6.07, 6.45) is 10.3. The zero-order valence-corrected chi connectivity index (χ0v) is 22.7. The fourth-order valence-corrected chi connectivity index (χ4v) is 4.46. The summed E-state index contributed by atoms with van der Waals surface area (Å²) < 4.78 is 0.967. The maximum Gasteiger partial charge on any atom is 0.319 e. The molecule has 1 heterocycles. The number of nitrogens with zero attached hydrogens (tertiary/aromatic N) is 2. The van der Waals surface area contributed by atoms with Crippen LogP contribution in [0.3, 0.4) is 0 Å². The molecule has 1 aromatic heterocycles. The molecule has 2 rings (SSSR count). The lowest BCUT2D eigenvalue weighted by Crippen LogP contribution is -2.26. The van der Waals surface area contributed by atoms with E-state index in [2.05, 4.69) is 23.8 Å². The summed E-state index contributed by atoms with van der Waals surface area (Å²) >= 11 is 13.3. The maximum atomic E-state index is 13.0. The molecule has 35 heavy (non-hydrogen) atoms. The van der Waals surface area contributed by atoms with Gasteiger partial charge >= 0.3 is 5.97 Å². The molecule has 2 N–H and O–H groups in total. The third-order valence-corrected chi connectivity index (χ3v) is 6.74. The van der Waals surface area contributed by atoms with Crippen molar-refractivity contribution < 1.29 is 14.7 Å². The number of anilines is 1. The van der Waals surface area contributed by atoms with Crippen molar-refractivity contribution in [2.75, 3.05) is 5.32 Å². The van der Waals surface area contributed by atoms with Gasteiger partial charge in [-0.2, -0.15) is 0 Å². The average molecular weight is 537 g/mol. The number of aromatic nitrogens is 2. The molecule has 0 saturated heterocycles. The topological polar surface area (TPSA) is 84.2 Å². The van der Waals surface area contributed by atoms with Gasteiger partial charge in [0.15, 0.2) is 0 Å². The van der Waals surface area contributed by atoms with Crippen LogP contribution in [0.4, 0.5) is 5.69 Å². The first-order valence-corrected chi connectivity index (χ1v) is 12.8. The van der Waals surface area contributed by atoms with Gasteiger partial charge in [-0.15, -0.1) is 11.8 Å². The molecule has 2 aromatic rings. The first kappa shape index (κ1) is 28.8. The van der Waals surface area contributed by atoms with Gasteiger partial charge in [-0.05, 0) is 51.5 Å². The Bertz CT molecular complexity index is 1150. The quantitative estimate of drug-likeness (QED) is 0.215. The minimum Gasteiger partial charge on any atom is -0.480 e. The average Bonchev–Trinajstić information content (AvgIpc) is 3.20. The second-order valence-corrected chi connectivity index (χ2v) is 11.0. The van der Waals surface area contributed by atoms with Crippen molar-refractivity contribution in [1.82, 2.24) is 9.55 Å². The van der Waals surface area contributed by atoms with Crippen LogP contribution in [0.25, 0.3) is 5.57 Å². The van der Waals surface area contributed by atoms with Gasteiger partial charge in [-0.25, -0.2) is 4.98 Å². The van der Waals surface area contributed by atoms with Crippen LogP contribution in [-0.4, -0.2) is 31.3 Å². The van der Waals surface area contributed by atoms with Crippen molar-refractivity contribution in [2.24, 2.45) is 0 Å². The molecule has 0 radical (unpaired) electrons. The van der Waals surface area contributed by atoms with Crippen molar-refractivity contribution in [3.8, 4) is 0 Å². The number of aliphatic carboxylic acids is 1. The van der Waals surface area contributed by atoms with Crippen molar-refractivity contribution in [3.05, 3.63) is 75.7 Å². The molecule has 0 atom stereocenters. The van der Waals surface area contributed by atoms with Gasteiger partial charge in [0, 0.05) is 28.2 Å². The molecule has 0 aliphatic rings. The molecule has 0 saturated carbocycles. The number of imidazole rings is 1. The van der Waals surface area contributed by atoms with Crippen LogP contribution in [-0.2, 0) is 11.3 Å². The number of carbonyl (C=O) groups excluding carboxylic acids is 1. The summed E-state index contributed by atoms with van der Waals surface area (Å²) in [6.45, 7) is 12.0. The van der Waals surface area contributed by atoms with E-state index in [4.69, 9.17) is 23.2 Å². The Morgan fingerprint density at radius 1 is 1.26 bits per heavy atom. The lowest BCUT2D eigenvalue weighted by Gasteiger charge is -2.18. The van der Waals surface area contributed by atoms with Crippen LogP contribution in [0.15, 0.2) is 54.1 Å². The van der Waals surface area contributed by atoms with E-state index in [1.165, 1.54) is 11.8 Å². The standard InChI is InChI=1S/C26H31Cl2N3O3S/c1-6-8-9-14-31-16-22(24(32)30-21-13-12-19(27)15-20(21)28)29-23(31)18(7-2)11-10-17(3)35-26(4,5)25(33)34/h7,10-13,15-16H,3,6,8-9,14H2,1-2,4-5H3,(H,30,32)(H,33,34)/b11-10-,18-7+. The molecule has 9 heteroatoms. The van der Waals surface area contributed by atoms with Crippen LogP contribution in [0.5, 0.6) is 0 Å². The fraction of sp³-hybridized carbons (Fsp3) is 0.346. The second-order valence-electron chi connectivity index (χ2n) is 8.39. The smallest absolute Gasteiger partial charge is 0.319 e. The molecule has 1 amide bonds. The number of allylic oxidation sites excluding steroid dienone is 4. The van der Waals surface area contributed by atoms with Gasteiger partial charge in [0.25, 0.3) is 5.91 Å². The molecule has 0 spiro atoms. The Kier molecular flexibility index (Phi) is 10.7. The van der Waals surface area contributed by atoms with Crippen molar-refractivity contribution in [3.63, 3.8) is 0 Å². The predicted octanol–water partition coefficient (Wildman–Crippen LogP) is 7.70. The summed E-state index contributed by atoms with van der Waals surface area (Å²) in [5.74, 6) is -0.652. The van der Waals surface area contributed by atoms with Crippen LogP contribution in [0, 0.1) is 0 Å². The van der Waals surface area contributed by atoms with E-state index in [1.807, 2.05) is 23.6 Å². The SMILES string of the molecule is C=C(/C=C\C(=C/C)c1nc(C(=O)Nc2ccc(Cl)cc2Cl)cn1CCCCC)SC(C)(C)C(=O)O. The Balaban J connectivity index is 2.31. The van der Waals surface area contributed by atoms with Gasteiger partial charge in [0.1, 0.15) is 16.3 Å². The third kappa shape index (κ3) is 8.30. The molecular formula is C26H31Cl2N3O3S. The van der Waals surface area contributed by atoms with Crippen molar-refractivity contribution in [1.29, 1.82) is 0 Å². The molecule has 1 aromatic carbocycles. The summed E-state index contributed by atoms with van der Waals surface area (Å²) in [5.41, 5.74) is 1.50. The number of carboxylic acids is 1. The minimum atomic E-state index is -0.996. The highest BCUT2D eigenvalue weighted by molar-refractivity contribution is 8.05. The predicted molar refractivity (Wildman–Crippen MR) is 147 cm³/mol.